The zero-order valence-corrected chi connectivity index (χ0v) is 21.6. The number of amides is 1. The Morgan fingerprint density at radius 1 is 0.949 bits per heavy atom. The lowest BCUT2D eigenvalue weighted by molar-refractivity contribution is -0.274. The van der Waals surface area contributed by atoms with Crippen LogP contribution in [0.5, 0.6) is 17.2 Å². The summed E-state index contributed by atoms with van der Waals surface area (Å²) < 4.78 is 73.5. The SMILES string of the molecule is CCS(=O)(=O)c1ccc(-c2c(NC(C)=O)ccc(-c3cccnc3)c2Oc2cccc(OC(F)(F)F)c2)cc1. The number of halogens is 3. The van der Waals surface area contributed by atoms with Gasteiger partial charge in [0.25, 0.3) is 0 Å². The maximum absolute atomic E-state index is 12.8. The fourth-order valence-electron chi connectivity index (χ4n) is 3.87. The summed E-state index contributed by atoms with van der Waals surface area (Å²) in [5.41, 5.74) is 2.39. The molecule has 7 nitrogen and oxygen atoms in total. The molecule has 0 bridgehead atoms. The molecule has 202 valence electrons. The van der Waals surface area contributed by atoms with Gasteiger partial charge in [0, 0.05) is 42.1 Å². The summed E-state index contributed by atoms with van der Waals surface area (Å²) in [6.45, 7) is 2.87. The van der Waals surface area contributed by atoms with Crippen LogP contribution in [0.3, 0.4) is 0 Å². The molecule has 0 aliphatic heterocycles. The van der Waals surface area contributed by atoms with Crippen LogP contribution in [-0.4, -0.2) is 31.4 Å². The molecule has 1 heterocycles. The van der Waals surface area contributed by atoms with E-state index < -0.39 is 21.9 Å². The Morgan fingerprint density at radius 3 is 2.28 bits per heavy atom. The van der Waals surface area contributed by atoms with Crippen LogP contribution in [0.15, 0.2) is 90.1 Å². The third-order valence-electron chi connectivity index (χ3n) is 5.58. The summed E-state index contributed by atoms with van der Waals surface area (Å²) in [5, 5.41) is 2.75. The number of carbonyl (C=O) groups excluding carboxylic acids is 1. The summed E-state index contributed by atoms with van der Waals surface area (Å²) in [6, 6.07) is 17.9. The number of aromatic nitrogens is 1. The molecule has 3 aromatic carbocycles. The molecule has 0 atom stereocenters. The Kier molecular flexibility index (Phi) is 7.91. The van der Waals surface area contributed by atoms with Crippen molar-refractivity contribution in [2.24, 2.45) is 0 Å². The highest BCUT2D eigenvalue weighted by Crippen LogP contribution is 2.46. The molecule has 0 aliphatic carbocycles. The van der Waals surface area contributed by atoms with E-state index in [2.05, 4.69) is 15.0 Å². The molecule has 0 radical (unpaired) electrons. The highest BCUT2D eigenvalue weighted by Gasteiger charge is 2.31. The molecule has 4 rings (SSSR count). The molecule has 39 heavy (non-hydrogen) atoms. The van der Waals surface area contributed by atoms with Gasteiger partial charge in [-0.15, -0.1) is 13.2 Å². The highest BCUT2D eigenvalue weighted by atomic mass is 32.2. The second-order valence-electron chi connectivity index (χ2n) is 8.34. The standard InChI is InChI=1S/C28H23F3N2O5S/c1-3-39(35,36)23-11-9-19(10-12-23)26-25(33-18(2)34)14-13-24(20-6-5-15-32-17-20)27(26)37-21-7-4-8-22(16-21)38-28(29,30)31/h4-17H,3H2,1-2H3,(H,33,34). The van der Waals surface area contributed by atoms with Gasteiger partial charge in [-0.2, -0.15) is 0 Å². The minimum absolute atomic E-state index is 0.0355. The second kappa shape index (κ2) is 11.2. The van der Waals surface area contributed by atoms with E-state index in [-0.39, 0.29) is 28.1 Å². The van der Waals surface area contributed by atoms with Crippen LogP contribution in [0.1, 0.15) is 13.8 Å². The molecule has 0 unspecified atom stereocenters. The van der Waals surface area contributed by atoms with E-state index in [9.17, 15) is 26.4 Å². The molecule has 0 saturated carbocycles. The quantitative estimate of drug-likeness (QED) is 0.255. The van der Waals surface area contributed by atoms with Crippen LogP contribution in [0.4, 0.5) is 18.9 Å². The molecule has 4 aromatic rings. The van der Waals surface area contributed by atoms with Crippen molar-refractivity contribution >= 4 is 21.4 Å². The number of carbonyl (C=O) groups is 1. The highest BCUT2D eigenvalue weighted by molar-refractivity contribution is 7.91. The maximum Gasteiger partial charge on any atom is 0.573 e. The largest absolute Gasteiger partial charge is 0.573 e. The topological polar surface area (TPSA) is 94.6 Å². The predicted molar refractivity (Wildman–Crippen MR) is 140 cm³/mol. The van der Waals surface area contributed by atoms with Crippen LogP contribution in [0.2, 0.25) is 0 Å². The predicted octanol–water partition coefficient (Wildman–Crippen LogP) is 6.86. The first-order chi connectivity index (χ1) is 18.5. The fraction of sp³-hybridized carbons (Fsp3) is 0.143. The van der Waals surface area contributed by atoms with Gasteiger partial charge in [0.2, 0.25) is 5.91 Å². The third kappa shape index (κ3) is 6.74. The third-order valence-corrected chi connectivity index (χ3v) is 7.33. The molecule has 0 spiro atoms. The van der Waals surface area contributed by atoms with E-state index in [1.165, 1.54) is 38.1 Å². The number of nitrogens with one attached hydrogen (secondary N) is 1. The van der Waals surface area contributed by atoms with Gasteiger partial charge in [0.05, 0.1) is 16.3 Å². The summed E-state index contributed by atoms with van der Waals surface area (Å²) >= 11 is 0. The zero-order valence-electron chi connectivity index (χ0n) is 20.8. The average molecular weight is 557 g/mol. The minimum atomic E-state index is -4.89. The lowest BCUT2D eigenvalue weighted by atomic mass is 9.96. The van der Waals surface area contributed by atoms with Crippen molar-refractivity contribution in [3.8, 4) is 39.5 Å². The number of anilines is 1. The molecule has 11 heteroatoms. The summed E-state index contributed by atoms with van der Waals surface area (Å²) in [6.07, 6.45) is -1.72. The zero-order chi connectivity index (χ0) is 28.2. The van der Waals surface area contributed by atoms with Crippen molar-refractivity contribution < 1.29 is 35.9 Å². The smallest absolute Gasteiger partial charge is 0.456 e. The van der Waals surface area contributed by atoms with Gasteiger partial charge in [-0.05, 0) is 48.0 Å². The van der Waals surface area contributed by atoms with Gasteiger partial charge >= 0.3 is 6.36 Å². The average Bonchev–Trinajstić information content (AvgIpc) is 2.88. The number of benzene rings is 3. The molecule has 0 saturated heterocycles. The van der Waals surface area contributed by atoms with Gasteiger partial charge in [-0.3, -0.25) is 9.78 Å². The van der Waals surface area contributed by atoms with E-state index in [1.54, 1.807) is 48.8 Å². The number of nitrogens with zero attached hydrogens (tertiary/aromatic N) is 1. The first-order valence-electron chi connectivity index (χ1n) is 11.7. The molecule has 1 amide bonds. The summed E-state index contributed by atoms with van der Waals surface area (Å²) in [4.78, 5) is 16.3. The first kappa shape index (κ1) is 27.6. The van der Waals surface area contributed by atoms with Crippen molar-refractivity contribution in [3.63, 3.8) is 0 Å². The monoisotopic (exact) mass is 556 g/mol. The van der Waals surface area contributed by atoms with E-state index in [0.29, 0.717) is 27.9 Å². The minimum Gasteiger partial charge on any atom is -0.456 e. The van der Waals surface area contributed by atoms with E-state index in [4.69, 9.17) is 4.74 Å². The van der Waals surface area contributed by atoms with Crippen molar-refractivity contribution in [1.82, 2.24) is 4.98 Å². The van der Waals surface area contributed by atoms with Crippen molar-refractivity contribution in [2.75, 3.05) is 11.1 Å². The Balaban J connectivity index is 1.94. The number of ether oxygens (including phenoxy) is 2. The summed E-state index contributed by atoms with van der Waals surface area (Å²) in [7, 11) is -3.47. The van der Waals surface area contributed by atoms with E-state index in [0.717, 1.165) is 12.1 Å². The first-order valence-corrected chi connectivity index (χ1v) is 13.3. The lowest BCUT2D eigenvalue weighted by Crippen LogP contribution is -2.17. The molecule has 1 N–H and O–H groups in total. The molecular formula is C28H23F3N2O5S. The van der Waals surface area contributed by atoms with Crippen LogP contribution in [0.25, 0.3) is 22.3 Å². The second-order valence-corrected chi connectivity index (χ2v) is 10.6. The molecular weight excluding hydrogens is 533 g/mol. The fourth-order valence-corrected chi connectivity index (χ4v) is 4.75. The molecule has 1 aromatic heterocycles. The van der Waals surface area contributed by atoms with Crippen LogP contribution in [-0.2, 0) is 14.6 Å². The van der Waals surface area contributed by atoms with E-state index in [1.807, 2.05) is 0 Å². The number of hydrogen-bond donors (Lipinski definition) is 1. The van der Waals surface area contributed by atoms with Crippen molar-refractivity contribution in [1.29, 1.82) is 0 Å². The van der Waals surface area contributed by atoms with Crippen LogP contribution >= 0.6 is 0 Å². The van der Waals surface area contributed by atoms with Gasteiger partial charge in [-0.1, -0.05) is 31.2 Å². The van der Waals surface area contributed by atoms with Gasteiger partial charge < -0.3 is 14.8 Å². The van der Waals surface area contributed by atoms with Crippen LogP contribution < -0.4 is 14.8 Å². The number of hydrogen-bond acceptors (Lipinski definition) is 6. The summed E-state index contributed by atoms with van der Waals surface area (Å²) in [5.74, 6) is -0.693. The van der Waals surface area contributed by atoms with Gasteiger partial charge in [0.1, 0.15) is 17.2 Å². The van der Waals surface area contributed by atoms with Crippen molar-refractivity contribution in [3.05, 3.63) is 85.2 Å². The van der Waals surface area contributed by atoms with E-state index >= 15 is 0 Å². The lowest BCUT2D eigenvalue weighted by Gasteiger charge is -2.20. The van der Waals surface area contributed by atoms with Gasteiger partial charge in [-0.25, -0.2) is 8.42 Å². The Bertz CT molecular complexity index is 1590. The normalized spacial score (nSPS) is 11.6. The Morgan fingerprint density at radius 2 is 1.67 bits per heavy atom. The number of rotatable bonds is 8. The number of alkyl halides is 3. The van der Waals surface area contributed by atoms with Crippen molar-refractivity contribution in [2.45, 2.75) is 25.1 Å². The number of pyridine rings is 1. The number of sulfone groups is 1. The maximum atomic E-state index is 12.8. The van der Waals surface area contributed by atoms with Gasteiger partial charge in [0.15, 0.2) is 9.84 Å². The molecule has 0 aliphatic rings. The van der Waals surface area contributed by atoms with Crippen LogP contribution in [0, 0.1) is 0 Å². The Labute approximate surface area is 223 Å². The molecule has 0 fully saturated rings. The Hall–Kier alpha value is -4.38.